The first kappa shape index (κ1) is 20.0. The van der Waals surface area contributed by atoms with Gasteiger partial charge in [0.2, 0.25) is 0 Å². The third-order valence-corrected chi connectivity index (χ3v) is 4.74. The number of nitriles is 1. The molecule has 0 saturated carbocycles. The van der Waals surface area contributed by atoms with Crippen LogP contribution in [-0.4, -0.2) is 17.6 Å². The average molecular weight is 385 g/mol. The summed E-state index contributed by atoms with van der Waals surface area (Å²) in [5.41, 5.74) is 5.72. The van der Waals surface area contributed by atoms with Crippen LogP contribution in [0.3, 0.4) is 0 Å². The van der Waals surface area contributed by atoms with Crippen LogP contribution in [0.1, 0.15) is 22.5 Å². The van der Waals surface area contributed by atoms with Gasteiger partial charge in [-0.2, -0.15) is 5.26 Å². The maximum atomic E-state index is 12.6. The Hall–Kier alpha value is -3.78. The quantitative estimate of drug-likeness (QED) is 0.499. The van der Waals surface area contributed by atoms with Gasteiger partial charge in [0.15, 0.2) is 0 Å². The molecule has 3 rings (SSSR count). The number of methoxy groups -OCH3 is 1. The number of ether oxygens (including phenoxy) is 1. The Morgan fingerprint density at radius 3 is 2.45 bits per heavy atom. The average Bonchev–Trinajstić information content (AvgIpc) is 2.99. The second-order valence-electron chi connectivity index (χ2n) is 6.85. The number of aryl methyl sites for hydroxylation is 2. The lowest BCUT2D eigenvalue weighted by Gasteiger charge is -2.10. The van der Waals surface area contributed by atoms with Crippen molar-refractivity contribution in [2.75, 3.05) is 12.4 Å². The Balaban J connectivity index is 1.90. The molecule has 0 aliphatic heterocycles. The van der Waals surface area contributed by atoms with E-state index in [4.69, 9.17) is 4.74 Å². The Labute approximate surface area is 170 Å². The summed E-state index contributed by atoms with van der Waals surface area (Å²) in [5.74, 6) is 0.251. The highest BCUT2D eigenvalue weighted by atomic mass is 16.5. The predicted molar refractivity (Wildman–Crippen MR) is 115 cm³/mol. The summed E-state index contributed by atoms with van der Waals surface area (Å²) in [6, 6.07) is 19.2. The van der Waals surface area contributed by atoms with Crippen molar-refractivity contribution >= 4 is 17.7 Å². The minimum Gasteiger partial charge on any atom is -0.497 e. The summed E-state index contributed by atoms with van der Waals surface area (Å²) in [4.78, 5) is 12.6. The zero-order chi connectivity index (χ0) is 21.0. The van der Waals surface area contributed by atoms with E-state index in [9.17, 15) is 10.1 Å². The number of rotatable bonds is 5. The Kier molecular flexibility index (Phi) is 5.85. The fourth-order valence-corrected chi connectivity index (χ4v) is 3.27. The third kappa shape index (κ3) is 4.39. The van der Waals surface area contributed by atoms with Crippen LogP contribution in [0.25, 0.3) is 11.8 Å². The van der Waals surface area contributed by atoms with Crippen molar-refractivity contribution in [3.8, 4) is 17.5 Å². The summed E-state index contributed by atoms with van der Waals surface area (Å²) >= 11 is 0. The number of hydrogen-bond donors (Lipinski definition) is 1. The van der Waals surface area contributed by atoms with Gasteiger partial charge >= 0.3 is 0 Å². The van der Waals surface area contributed by atoms with Crippen molar-refractivity contribution in [2.24, 2.45) is 0 Å². The lowest BCUT2D eigenvalue weighted by Crippen LogP contribution is -2.13. The first-order valence-corrected chi connectivity index (χ1v) is 9.26. The number of nitrogens with zero attached hydrogens (tertiary/aromatic N) is 2. The Morgan fingerprint density at radius 2 is 1.83 bits per heavy atom. The molecular weight excluding hydrogens is 362 g/mol. The monoisotopic (exact) mass is 385 g/mol. The largest absolute Gasteiger partial charge is 0.497 e. The zero-order valence-corrected chi connectivity index (χ0v) is 17.0. The second-order valence-corrected chi connectivity index (χ2v) is 6.85. The molecule has 1 amide bonds. The van der Waals surface area contributed by atoms with Gasteiger partial charge in [0.1, 0.15) is 17.4 Å². The molecule has 146 valence electrons. The number of nitrogens with one attached hydrogen (secondary N) is 1. The highest BCUT2D eigenvalue weighted by molar-refractivity contribution is 6.09. The molecule has 0 fully saturated rings. The van der Waals surface area contributed by atoms with E-state index in [1.54, 1.807) is 37.5 Å². The molecule has 0 bridgehead atoms. The first-order chi connectivity index (χ1) is 13.9. The SMILES string of the molecule is COc1ccc(NC(=O)C(C#N)=Cc2cc(C)n(-c3cccc(C)c3)c2C)cc1. The van der Waals surface area contributed by atoms with Crippen molar-refractivity contribution in [3.05, 3.63) is 82.7 Å². The van der Waals surface area contributed by atoms with Crippen LogP contribution in [0, 0.1) is 32.1 Å². The molecule has 0 saturated heterocycles. The van der Waals surface area contributed by atoms with Gasteiger partial charge in [-0.05, 0) is 80.4 Å². The van der Waals surface area contributed by atoms with E-state index in [0.717, 1.165) is 22.6 Å². The van der Waals surface area contributed by atoms with Crippen LogP contribution in [0.4, 0.5) is 5.69 Å². The molecular formula is C24H23N3O2. The molecule has 0 atom stereocenters. The molecule has 0 aliphatic rings. The van der Waals surface area contributed by atoms with Gasteiger partial charge in [-0.1, -0.05) is 12.1 Å². The predicted octanol–water partition coefficient (Wildman–Crippen LogP) is 4.96. The van der Waals surface area contributed by atoms with Gasteiger partial charge in [-0.15, -0.1) is 0 Å². The van der Waals surface area contributed by atoms with Crippen molar-refractivity contribution in [1.29, 1.82) is 5.26 Å². The van der Waals surface area contributed by atoms with Gasteiger partial charge < -0.3 is 14.6 Å². The van der Waals surface area contributed by atoms with E-state index >= 15 is 0 Å². The van der Waals surface area contributed by atoms with Crippen LogP contribution in [-0.2, 0) is 4.79 Å². The molecule has 1 N–H and O–H groups in total. The van der Waals surface area contributed by atoms with Crippen molar-refractivity contribution in [1.82, 2.24) is 4.57 Å². The number of carbonyl (C=O) groups excluding carboxylic acids is 1. The highest BCUT2D eigenvalue weighted by Crippen LogP contribution is 2.24. The maximum absolute atomic E-state index is 12.6. The van der Waals surface area contributed by atoms with Crippen LogP contribution >= 0.6 is 0 Å². The Morgan fingerprint density at radius 1 is 1.10 bits per heavy atom. The summed E-state index contributed by atoms with van der Waals surface area (Å²) in [6.45, 7) is 6.05. The number of benzene rings is 2. The van der Waals surface area contributed by atoms with Gasteiger partial charge in [0.05, 0.1) is 7.11 Å². The molecule has 5 heteroatoms. The van der Waals surface area contributed by atoms with Crippen molar-refractivity contribution in [2.45, 2.75) is 20.8 Å². The van der Waals surface area contributed by atoms with Crippen LogP contribution in [0.5, 0.6) is 5.75 Å². The van der Waals surface area contributed by atoms with Crippen molar-refractivity contribution < 1.29 is 9.53 Å². The van der Waals surface area contributed by atoms with Gasteiger partial charge in [0, 0.05) is 22.8 Å². The molecule has 0 radical (unpaired) electrons. The van der Waals surface area contributed by atoms with Crippen molar-refractivity contribution in [3.63, 3.8) is 0 Å². The van der Waals surface area contributed by atoms with E-state index in [-0.39, 0.29) is 5.57 Å². The summed E-state index contributed by atoms with van der Waals surface area (Å²) < 4.78 is 7.23. The molecule has 0 unspecified atom stereocenters. The number of amides is 1. The fourth-order valence-electron chi connectivity index (χ4n) is 3.27. The number of hydrogen-bond acceptors (Lipinski definition) is 3. The molecule has 29 heavy (non-hydrogen) atoms. The molecule has 2 aromatic carbocycles. The minimum atomic E-state index is -0.446. The third-order valence-electron chi connectivity index (χ3n) is 4.74. The lowest BCUT2D eigenvalue weighted by atomic mass is 10.1. The van der Waals surface area contributed by atoms with E-state index < -0.39 is 5.91 Å². The summed E-state index contributed by atoms with van der Waals surface area (Å²) in [7, 11) is 1.58. The summed E-state index contributed by atoms with van der Waals surface area (Å²) in [5, 5.41) is 12.3. The lowest BCUT2D eigenvalue weighted by molar-refractivity contribution is -0.112. The zero-order valence-electron chi connectivity index (χ0n) is 17.0. The molecule has 0 spiro atoms. The van der Waals surface area contributed by atoms with Gasteiger partial charge in [-0.25, -0.2) is 0 Å². The Bertz CT molecular complexity index is 1120. The topological polar surface area (TPSA) is 67.0 Å². The summed E-state index contributed by atoms with van der Waals surface area (Å²) in [6.07, 6.45) is 1.63. The standard InChI is InChI=1S/C24H23N3O2/c1-16-6-5-7-22(12-16)27-17(2)13-19(18(27)3)14-20(15-25)24(28)26-21-8-10-23(29-4)11-9-21/h5-14H,1-4H3,(H,26,28). The molecule has 5 nitrogen and oxygen atoms in total. The molecule has 1 heterocycles. The number of aromatic nitrogens is 1. The van der Waals surface area contributed by atoms with E-state index in [2.05, 4.69) is 28.9 Å². The van der Waals surface area contributed by atoms with Crippen LogP contribution in [0.2, 0.25) is 0 Å². The maximum Gasteiger partial charge on any atom is 0.266 e. The molecule has 3 aromatic rings. The van der Waals surface area contributed by atoms with E-state index in [1.807, 2.05) is 38.1 Å². The number of carbonyl (C=O) groups is 1. The van der Waals surface area contributed by atoms with Crippen LogP contribution < -0.4 is 10.1 Å². The van der Waals surface area contributed by atoms with Gasteiger partial charge in [-0.3, -0.25) is 4.79 Å². The van der Waals surface area contributed by atoms with E-state index in [1.165, 1.54) is 5.56 Å². The van der Waals surface area contributed by atoms with Gasteiger partial charge in [0.25, 0.3) is 5.91 Å². The second kappa shape index (κ2) is 8.49. The first-order valence-electron chi connectivity index (χ1n) is 9.26. The van der Waals surface area contributed by atoms with E-state index in [0.29, 0.717) is 11.4 Å². The molecule has 1 aromatic heterocycles. The number of anilines is 1. The molecule has 0 aliphatic carbocycles. The smallest absolute Gasteiger partial charge is 0.266 e. The fraction of sp³-hybridized carbons (Fsp3) is 0.167. The highest BCUT2D eigenvalue weighted by Gasteiger charge is 2.14. The normalized spacial score (nSPS) is 11.1. The minimum absolute atomic E-state index is 0.0466. The van der Waals surface area contributed by atoms with Crippen LogP contribution in [0.15, 0.2) is 60.2 Å².